The number of carbonyl (C=O) groups excluding carboxylic acids is 2. The molecule has 2 aromatic rings. The van der Waals surface area contributed by atoms with Crippen molar-refractivity contribution in [2.24, 2.45) is 5.73 Å². The predicted octanol–water partition coefficient (Wildman–Crippen LogP) is 2.82. The molecule has 6 nitrogen and oxygen atoms in total. The quantitative estimate of drug-likeness (QED) is 0.747. The molecule has 0 aromatic heterocycles. The van der Waals surface area contributed by atoms with Gasteiger partial charge < -0.3 is 15.6 Å². The van der Waals surface area contributed by atoms with Crippen LogP contribution in [0.5, 0.6) is 0 Å². The van der Waals surface area contributed by atoms with Crippen molar-refractivity contribution in [1.82, 2.24) is 4.90 Å². The Hall–Kier alpha value is -3.13. The number of aldehydes is 1. The minimum absolute atomic E-state index is 0.0262. The monoisotopic (exact) mass is 418 g/mol. The largest absolute Gasteiger partial charge is 0.480 e. The molecule has 160 valence electrons. The highest BCUT2D eigenvalue weighted by Crippen LogP contribution is 2.50. The Morgan fingerprint density at radius 1 is 1.20 bits per heavy atom. The number of nitrogens with zero attached hydrogens (tertiary/aromatic N) is 1. The van der Waals surface area contributed by atoms with Crippen molar-refractivity contribution < 1.29 is 28.3 Å². The standard InChI is InChI=1S/C15H10F2O.C6H11NO2.CH3NO/c16-15(17)13-4-2-1-3-11(13)12-9-10(7-8-18)5-6-14(12)15;1-7-4-2-3-5(7)6(8)9;2-1-3/h1-6,8-9H,7H2;5H,2-4H2,1H3,(H,8,9);1H,(H2,2,3). The number of likely N-dealkylation sites (N-methyl/N-ethyl adjacent to an activating group) is 1. The maximum Gasteiger partial charge on any atom is 0.320 e. The van der Waals surface area contributed by atoms with Crippen LogP contribution in [0.15, 0.2) is 42.5 Å². The molecule has 0 spiro atoms. The van der Waals surface area contributed by atoms with Gasteiger partial charge in [-0.25, -0.2) is 0 Å². The van der Waals surface area contributed by atoms with E-state index in [1.165, 1.54) is 12.1 Å². The van der Waals surface area contributed by atoms with Crippen LogP contribution in [-0.4, -0.2) is 48.3 Å². The van der Waals surface area contributed by atoms with Crippen molar-refractivity contribution in [3.8, 4) is 11.1 Å². The van der Waals surface area contributed by atoms with Crippen LogP contribution in [0.3, 0.4) is 0 Å². The van der Waals surface area contributed by atoms with Crippen LogP contribution in [0.25, 0.3) is 11.1 Å². The fraction of sp³-hybridized carbons (Fsp3) is 0.318. The average Bonchev–Trinajstić information content (AvgIpc) is 3.24. The highest BCUT2D eigenvalue weighted by atomic mass is 19.3. The lowest BCUT2D eigenvalue weighted by molar-refractivity contribution is -0.141. The lowest BCUT2D eigenvalue weighted by Crippen LogP contribution is -2.32. The van der Waals surface area contributed by atoms with Gasteiger partial charge in [-0.1, -0.05) is 42.5 Å². The summed E-state index contributed by atoms with van der Waals surface area (Å²) in [5.74, 6) is -3.62. The molecule has 1 fully saturated rings. The van der Waals surface area contributed by atoms with Gasteiger partial charge in [0.2, 0.25) is 6.41 Å². The van der Waals surface area contributed by atoms with Crippen molar-refractivity contribution in [3.63, 3.8) is 0 Å². The third-order valence-corrected chi connectivity index (χ3v) is 5.10. The fourth-order valence-corrected chi connectivity index (χ4v) is 3.67. The van der Waals surface area contributed by atoms with Crippen LogP contribution in [-0.2, 0) is 26.7 Å². The van der Waals surface area contributed by atoms with Gasteiger partial charge in [0, 0.05) is 17.5 Å². The number of hydrogen-bond acceptors (Lipinski definition) is 4. The van der Waals surface area contributed by atoms with Crippen molar-refractivity contribution in [2.45, 2.75) is 31.2 Å². The summed E-state index contributed by atoms with van der Waals surface area (Å²) in [6.45, 7) is 0.928. The summed E-state index contributed by atoms with van der Waals surface area (Å²) in [4.78, 5) is 31.3. The van der Waals surface area contributed by atoms with E-state index in [-0.39, 0.29) is 30.0 Å². The summed E-state index contributed by atoms with van der Waals surface area (Å²) in [7, 11) is 1.85. The lowest BCUT2D eigenvalue weighted by Gasteiger charge is -2.13. The minimum Gasteiger partial charge on any atom is -0.480 e. The first kappa shape index (κ1) is 23.2. The van der Waals surface area contributed by atoms with Gasteiger partial charge in [-0.3, -0.25) is 14.5 Å². The molecule has 2 aromatic carbocycles. The molecule has 8 heteroatoms. The summed E-state index contributed by atoms with van der Waals surface area (Å²) in [5, 5.41) is 8.54. The van der Waals surface area contributed by atoms with Gasteiger partial charge in [-0.05, 0) is 43.1 Å². The second kappa shape index (κ2) is 10.1. The van der Waals surface area contributed by atoms with Crippen molar-refractivity contribution in [3.05, 3.63) is 59.2 Å². The molecule has 1 amide bonds. The first-order valence-electron chi connectivity index (χ1n) is 9.41. The maximum absolute atomic E-state index is 14.2. The predicted molar refractivity (Wildman–Crippen MR) is 108 cm³/mol. The van der Waals surface area contributed by atoms with E-state index in [2.05, 4.69) is 5.73 Å². The molecule has 3 N–H and O–H groups in total. The van der Waals surface area contributed by atoms with E-state index in [9.17, 15) is 18.4 Å². The second-order valence-corrected chi connectivity index (χ2v) is 6.98. The number of halogens is 2. The number of benzene rings is 2. The summed E-state index contributed by atoms with van der Waals surface area (Å²) in [5.41, 5.74) is 6.10. The van der Waals surface area contributed by atoms with Crippen molar-refractivity contribution in [1.29, 1.82) is 0 Å². The van der Waals surface area contributed by atoms with Crippen LogP contribution >= 0.6 is 0 Å². The molecule has 1 heterocycles. The Bertz CT molecular complexity index is 918. The molecule has 1 aliphatic carbocycles. The van der Waals surface area contributed by atoms with E-state index in [0.717, 1.165) is 31.2 Å². The zero-order valence-corrected chi connectivity index (χ0v) is 16.6. The number of carbonyl (C=O) groups is 3. The van der Waals surface area contributed by atoms with Gasteiger partial charge in [-0.2, -0.15) is 8.78 Å². The zero-order valence-electron chi connectivity index (χ0n) is 16.6. The molecule has 30 heavy (non-hydrogen) atoms. The molecule has 0 radical (unpaired) electrons. The van der Waals surface area contributed by atoms with Crippen molar-refractivity contribution in [2.75, 3.05) is 13.6 Å². The molecule has 1 aliphatic heterocycles. The summed E-state index contributed by atoms with van der Waals surface area (Å²) < 4.78 is 28.4. The Kier molecular flexibility index (Phi) is 7.77. The van der Waals surface area contributed by atoms with Crippen LogP contribution in [0.4, 0.5) is 8.78 Å². The Balaban J connectivity index is 0.000000224. The molecule has 1 saturated heterocycles. The van der Waals surface area contributed by atoms with Gasteiger partial charge in [0.05, 0.1) is 0 Å². The fourth-order valence-electron chi connectivity index (χ4n) is 3.67. The second-order valence-electron chi connectivity index (χ2n) is 6.98. The molecule has 0 saturated carbocycles. The first-order chi connectivity index (χ1) is 14.3. The van der Waals surface area contributed by atoms with Crippen LogP contribution < -0.4 is 5.73 Å². The summed E-state index contributed by atoms with van der Waals surface area (Å²) in [6, 6.07) is 11.0. The normalized spacial score (nSPS) is 18.0. The van der Waals surface area contributed by atoms with Gasteiger partial charge >= 0.3 is 5.97 Å². The highest BCUT2D eigenvalue weighted by Gasteiger charge is 2.43. The van der Waals surface area contributed by atoms with E-state index in [1.807, 2.05) is 11.9 Å². The summed E-state index contributed by atoms with van der Waals surface area (Å²) in [6.07, 6.45) is 3.11. The SMILES string of the molecule is CN1CCCC1C(=O)O.NC=O.O=CCc1ccc2c(c1)-c1ccccc1C2(F)F. The smallest absolute Gasteiger partial charge is 0.320 e. The number of likely N-dealkylation sites (tertiary alicyclic amines) is 1. The molecule has 0 bridgehead atoms. The Morgan fingerprint density at radius 3 is 2.37 bits per heavy atom. The summed E-state index contributed by atoms with van der Waals surface area (Å²) >= 11 is 0. The van der Waals surface area contributed by atoms with Gasteiger partial charge in [0.15, 0.2) is 0 Å². The van der Waals surface area contributed by atoms with Crippen LogP contribution in [0.2, 0.25) is 0 Å². The maximum atomic E-state index is 14.2. The third kappa shape index (κ3) is 4.88. The minimum atomic E-state index is -2.94. The number of nitrogens with two attached hydrogens (primary N) is 1. The molecule has 1 atom stereocenters. The zero-order chi connectivity index (χ0) is 22.3. The number of fused-ring (bicyclic) bond motifs is 3. The lowest BCUT2D eigenvalue weighted by atomic mass is 10.0. The van der Waals surface area contributed by atoms with E-state index in [4.69, 9.17) is 9.90 Å². The number of hydrogen-bond donors (Lipinski definition) is 2. The third-order valence-electron chi connectivity index (χ3n) is 5.10. The number of carboxylic acids is 1. The van der Waals surface area contributed by atoms with E-state index >= 15 is 0 Å². The van der Waals surface area contributed by atoms with Gasteiger partial charge in [-0.15, -0.1) is 0 Å². The number of amides is 1. The molecule has 4 rings (SSSR count). The van der Waals surface area contributed by atoms with Crippen LogP contribution in [0.1, 0.15) is 29.5 Å². The molecular weight excluding hydrogens is 394 g/mol. The molecular formula is C22H24F2N2O4. The van der Waals surface area contributed by atoms with E-state index in [0.29, 0.717) is 11.1 Å². The van der Waals surface area contributed by atoms with E-state index in [1.54, 1.807) is 30.3 Å². The van der Waals surface area contributed by atoms with Gasteiger partial charge in [0.1, 0.15) is 12.3 Å². The highest BCUT2D eigenvalue weighted by molar-refractivity contribution is 5.80. The average molecular weight is 418 g/mol. The Morgan fingerprint density at radius 2 is 1.83 bits per heavy atom. The number of rotatable bonds is 3. The van der Waals surface area contributed by atoms with E-state index < -0.39 is 11.9 Å². The van der Waals surface area contributed by atoms with Gasteiger partial charge in [0.25, 0.3) is 5.92 Å². The topological polar surface area (TPSA) is 101 Å². The van der Waals surface area contributed by atoms with Crippen LogP contribution in [0, 0.1) is 0 Å². The first-order valence-corrected chi connectivity index (χ1v) is 9.41. The molecule has 2 aliphatic rings. The van der Waals surface area contributed by atoms with Crippen molar-refractivity contribution >= 4 is 18.7 Å². The number of carboxylic acid groups (broad SMARTS) is 1. The molecule has 1 unspecified atom stereocenters. The Labute approximate surface area is 173 Å². The number of aliphatic carboxylic acids is 1. The number of alkyl halides is 2. The number of primary amides is 1.